The summed E-state index contributed by atoms with van der Waals surface area (Å²) in [7, 11) is 1.58. The lowest BCUT2D eigenvalue weighted by Gasteiger charge is -2.31. The third-order valence-corrected chi connectivity index (χ3v) is 4.01. The Kier molecular flexibility index (Phi) is 4.16. The number of aromatic nitrogens is 2. The molecule has 1 fully saturated rings. The van der Waals surface area contributed by atoms with Crippen molar-refractivity contribution in [2.24, 2.45) is 7.05 Å². The van der Waals surface area contributed by atoms with Gasteiger partial charge in [0.2, 0.25) is 0 Å². The maximum atomic E-state index is 12.5. The summed E-state index contributed by atoms with van der Waals surface area (Å²) in [5.74, 6) is -0.825. The number of nitrogens with zero attached hydrogens (tertiary/aromatic N) is 3. The number of nitrogens with one attached hydrogen (secondary N) is 1. The highest BCUT2D eigenvalue weighted by Gasteiger charge is 2.28. The van der Waals surface area contributed by atoms with Gasteiger partial charge in [-0.1, -0.05) is 0 Å². The lowest BCUT2D eigenvalue weighted by Crippen LogP contribution is -3.13. The number of hydrogen-bond acceptors (Lipinski definition) is 5. The van der Waals surface area contributed by atoms with Gasteiger partial charge in [-0.05, 0) is 12.1 Å². The van der Waals surface area contributed by atoms with Crippen LogP contribution in [0, 0.1) is 0 Å². The molecule has 122 valence electrons. The summed E-state index contributed by atoms with van der Waals surface area (Å²) in [6.45, 7) is 3.44. The van der Waals surface area contributed by atoms with E-state index in [2.05, 4.69) is 5.10 Å². The fraction of sp³-hybridized carbons (Fsp3) is 0.400. The van der Waals surface area contributed by atoms with Gasteiger partial charge in [-0.15, -0.1) is 0 Å². The second kappa shape index (κ2) is 6.25. The third kappa shape index (κ3) is 3.26. The van der Waals surface area contributed by atoms with Crippen molar-refractivity contribution in [1.82, 2.24) is 14.7 Å². The molecular formula is C15H18N4O4. The SMILES string of the molecule is Cn1cc(C(=O)[O-])c(C(=O)N2CC[NH+](Cc3ccco3)CC2)n1. The number of aromatic carboxylic acids is 1. The Balaban J connectivity index is 1.63. The van der Waals surface area contributed by atoms with Crippen molar-refractivity contribution in [3.05, 3.63) is 41.6 Å². The van der Waals surface area contributed by atoms with Crippen LogP contribution in [-0.2, 0) is 13.6 Å². The van der Waals surface area contributed by atoms with Gasteiger partial charge in [0.05, 0.1) is 38.4 Å². The molecule has 3 rings (SSSR count). The van der Waals surface area contributed by atoms with Crippen LogP contribution in [0.2, 0.25) is 0 Å². The molecule has 1 saturated heterocycles. The summed E-state index contributed by atoms with van der Waals surface area (Å²) in [4.78, 5) is 26.6. The van der Waals surface area contributed by atoms with Crippen LogP contribution in [-0.4, -0.2) is 52.7 Å². The molecule has 0 bridgehead atoms. The molecule has 23 heavy (non-hydrogen) atoms. The van der Waals surface area contributed by atoms with Gasteiger partial charge in [0.1, 0.15) is 6.54 Å². The molecule has 1 aliphatic rings. The van der Waals surface area contributed by atoms with Crippen LogP contribution < -0.4 is 10.0 Å². The zero-order valence-electron chi connectivity index (χ0n) is 12.8. The minimum atomic E-state index is -1.39. The van der Waals surface area contributed by atoms with Crippen LogP contribution in [0.4, 0.5) is 0 Å². The Morgan fingerprint density at radius 3 is 2.74 bits per heavy atom. The predicted octanol–water partition coefficient (Wildman–Crippen LogP) is -2.08. The molecule has 0 aromatic carbocycles. The number of aryl methyl sites for hydroxylation is 1. The smallest absolute Gasteiger partial charge is 0.275 e. The monoisotopic (exact) mass is 318 g/mol. The van der Waals surface area contributed by atoms with E-state index in [0.717, 1.165) is 25.4 Å². The average Bonchev–Trinajstić information content (AvgIpc) is 3.17. The number of furan rings is 1. The molecule has 1 amide bonds. The lowest BCUT2D eigenvalue weighted by molar-refractivity contribution is -0.918. The molecule has 8 heteroatoms. The Morgan fingerprint density at radius 2 is 2.13 bits per heavy atom. The minimum Gasteiger partial charge on any atom is -0.545 e. The molecule has 0 radical (unpaired) electrons. The fourth-order valence-corrected chi connectivity index (χ4v) is 2.81. The molecule has 2 aromatic heterocycles. The Bertz CT molecular complexity index is 699. The van der Waals surface area contributed by atoms with E-state index in [4.69, 9.17) is 4.42 Å². The number of carbonyl (C=O) groups is 2. The minimum absolute atomic E-state index is 0.0537. The maximum Gasteiger partial charge on any atom is 0.275 e. The summed E-state index contributed by atoms with van der Waals surface area (Å²) in [5, 5.41) is 15.1. The summed E-state index contributed by atoms with van der Waals surface area (Å²) in [5.41, 5.74) is -0.218. The molecule has 0 unspecified atom stereocenters. The van der Waals surface area contributed by atoms with Gasteiger partial charge in [-0.3, -0.25) is 9.48 Å². The summed E-state index contributed by atoms with van der Waals surface area (Å²) >= 11 is 0. The van der Waals surface area contributed by atoms with Gasteiger partial charge >= 0.3 is 0 Å². The lowest BCUT2D eigenvalue weighted by atomic mass is 10.2. The maximum absolute atomic E-state index is 12.5. The van der Waals surface area contributed by atoms with E-state index >= 15 is 0 Å². The summed E-state index contributed by atoms with van der Waals surface area (Å²) in [6, 6.07) is 3.79. The molecule has 0 atom stereocenters. The summed E-state index contributed by atoms with van der Waals surface area (Å²) < 4.78 is 6.65. The van der Waals surface area contributed by atoms with Crippen LogP contribution >= 0.6 is 0 Å². The highest BCUT2D eigenvalue weighted by atomic mass is 16.4. The van der Waals surface area contributed by atoms with Gasteiger partial charge in [0.15, 0.2) is 11.5 Å². The molecule has 1 aliphatic heterocycles. The van der Waals surface area contributed by atoms with Crippen molar-refractivity contribution in [2.45, 2.75) is 6.54 Å². The van der Waals surface area contributed by atoms with Crippen LogP contribution in [0.5, 0.6) is 0 Å². The first-order valence-corrected chi connectivity index (χ1v) is 7.45. The number of amides is 1. The normalized spacial score (nSPS) is 15.8. The van der Waals surface area contributed by atoms with Gasteiger partial charge < -0.3 is 24.1 Å². The van der Waals surface area contributed by atoms with E-state index in [1.165, 1.54) is 15.8 Å². The number of carbonyl (C=O) groups excluding carboxylic acids is 2. The van der Waals surface area contributed by atoms with Crippen LogP contribution in [0.3, 0.4) is 0 Å². The van der Waals surface area contributed by atoms with Gasteiger partial charge in [-0.25, -0.2) is 0 Å². The Labute approximate surface area is 132 Å². The quantitative estimate of drug-likeness (QED) is 0.698. The van der Waals surface area contributed by atoms with Crippen molar-refractivity contribution in [1.29, 1.82) is 0 Å². The first-order chi connectivity index (χ1) is 11.0. The molecule has 1 N–H and O–H groups in total. The molecule has 3 heterocycles. The van der Waals surface area contributed by atoms with E-state index < -0.39 is 5.97 Å². The molecule has 2 aromatic rings. The van der Waals surface area contributed by atoms with Crippen molar-refractivity contribution in [3.8, 4) is 0 Å². The van der Waals surface area contributed by atoms with Crippen LogP contribution in [0.15, 0.2) is 29.0 Å². The van der Waals surface area contributed by atoms with E-state index in [0.29, 0.717) is 13.1 Å². The Morgan fingerprint density at radius 1 is 1.39 bits per heavy atom. The van der Waals surface area contributed by atoms with Crippen LogP contribution in [0.25, 0.3) is 0 Å². The molecule has 0 spiro atoms. The fourth-order valence-electron chi connectivity index (χ4n) is 2.81. The van der Waals surface area contributed by atoms with Crippen molar-refractivity contribution in [2.75, 3.05) is 26.2 Å². The molecular weight excluding hydrogens is 300 g/mol. The third-order valence-electron chi connectivity index (χ3n) is 4.01. The number of piperazine rings is 1. The highest BCUT2D eigenvalue weighted by Crippen LogP contribution is 2.09. The topological polar surface area (TPSA) is 95.8 Å². The second-order valence-electron chi connectivity index (χ2n) is 5.65. The first-order valence-electron chi connectivity index (χ1n) is 7.45. The zero-order valence-corrected chi connectivity index (χ0v) is 12.8. The first kappa shape index (κ1) is 15.3. The van der Waals surface area contributed by atoms with E-state index in [1.54, 1.807) is 18.2 Å². The number of carboxylic acid groups (broad SMARTS) is 1. The zero-order chi connectivity index (χ0) is 16.4. The number of hydrogen-bond donors (Lipinski definition) is 1. The summed E-state index contributed by atoms with van der Waals surface area (Å²) in [6.07, 6.45) is 2.94. The van der Waals surface area contributed by atoms with Crippen molar-refractivity contribution in [3.63, 3.8) is 0 Å². The van der Waals surface area contributed by atoms with E-state index in [1.807, 2.05) is 12.1 Å². The Hall–Kier alpha value is -2.61. The second-order valence-corrected chi connectivity index (χ2v) is 5.65. The van der Waals surface area contributed by atoms with Gasteiger partial charge in [-0.2, -0.15) is 5.10 Å². The van der Waals surface area contributed by atoms with Crippen molar-refractivity contribution >= 4 is 11.9 Å². The van der Waals surface area contributed by atoms with E-state index in [9.17, 15) is 14.7 Å². The largest absolute Gasteiger partial charge is 0.545 e. The standard InChI is InChI=1S/C15H18N4O4/c1-17-10-12(15(21)22)13(16-17)14(20)19-6-4-18(5-7-19)9-11-3-2-8-23-11/h2-3,8,10H,4-7,9H2,1H3,(H,21,22). The van der Waals surface area contributed by atoms with Gasteiger partial charge in [0.25, 0.3) is 5.91 Å². The van der Waals surface area contributed by atoms with Crippen molar-refractivity contribution < 1.29 is 24.0 Å². The predicted molar refractivity (Wildman–Crippen MR) is 76.6 cm³/mol. The molecule has 8 nitrogen and oxygen atoms in total. The highest BCUT2D eigenvalue weighted by molar-refractivity contribution is 6.02. The molecule has 0 aliphatic carbocycles. The average molecular weight is 318 g/mol. The van der Waals surface area contributed by atoms with Gasteiger partial charge in [0, 0.05) is 18.8 Å². The van der Waals surface area contributed by atoms with Crippen LogP contribution in [0.1, 0.15) is 26.6 Å². The number of quaternary nitrogens is 1. The molecule has 0 saturated carbocycles. The number of rotatable bonds is 4. The van der Waals surface area contributed by atoms with E-state index in [-0.39, 0.29) is 17.2 Å². The number of carboxylic acids is 1.